The van der Waals surface area contributed by atoms with Crippen LogP contribution in [0.4, 0.5) is 0 Å². The summed E-state index contributed by atoms with van der Waals surface area (Å²) in [4.78, 5) is 42.7. The number of Topliss-reactive ketones (excluding diaryl/α,β-unsaturated/α-hetero) is 1. The Kier molecular flexibility index (Phi) is 8.80. The van der Waals surface area contributed by atoms with Crippen molar-refractivity contribution in [3.8, 4) is 11.4 Å². The number of aromatic nitrogens is 2. The minimum absolute atomic E-state index is 0.136. The summed E-state index contributed by atoms with van der Waals surface area (Å²) in [6.07, 6.45) is 0.771. The summed E-state index contributed by atoms with van der Waals surface area (Å²) in [5.74, 6) is 0.714. The van der Waals surface area contributed by atoms with Crippen LogP contribution in [0.15, 0.2) is 82.1 Å². The first kappa shape index (κ1) is 28.9. The van der Waals surface area contributed by atoms with E-state index >= 15 is 0 Å². The van der Waals surface area contributed by atoms with Gasteiger partial charge in [0.25, 0.3) is 5.91 Å². The highest BCUT2D eigenvalue weighted by atomic mass is 79.9. The molecule has 212 valence electrons. The van der Waals surface area contributed by atoms with Crippen LogP contribution in [-0.4, -0.2) is 38.9 Å². The normalized spacial score (nSPS) is 12.9. The number of rotatable bonds is 9. The number of ketones is 1. The van der Waals surface area contributed by atoms with Crippen molar-refractivity contribution < 1.29 is 14.3 Å². The van der Waals surface area contributed by atoms with Crippen molar-refractivity contribution in [2.24, 2.45) is 5.92 Å². The zero-order valence-electron chi connectivity index (χ0n) is 23.0. The minimum Gasteiger partial charge on any atom is -0.493 e. The molecular formula is C32H31BrClN3O4. The molecule has 1 amide bonds. The van der Waals surface area contributed by atoms with Gasteiger partial charge in [0.2, 0.25) is 0 Å². The van der Waals surface area contributed by atoms with Crippen LogP contribution in [0.25, 0.3) is 5.69 Å². The van der Waals surface area contributed by atoms with E-state index in [4.69, 9.17) is 16.3 Å². The van der Waals surface area contributed by atoms with Crippen molar-refractivity contribution in [2.45, 2.75) is 39.8 Å². The van der Waals surface area contributed by atoms with Gasteiger partial charge in [0.1, 0.15) is 11.4 Å². The first-order chi connectivity index (χ1) is 19.7. The van der Waals surface area contributed by atoms with Gasteiger partial charge in [0.05, 0.1) is 29.6 Å². The van der Waals surface area contributed by atoms with Crippen LogP contribution in [0, 0.1) is 5.92 Å². The van der Waals surface area contributed by atoms with Crippen LogP contribution in [-0.2, 0) is 19.5 Å². The van der Waals surface area contributed by atoms with Crippen LogP contribution in [0.5, 0.6) is 5.75 Å². The van der Waals surface area contributed by atoms with Crippen molar-refractivity contribution in [3.05, 3.63) is 115 Å². The molecule has 2 heterocycles. The highest BCUT2D eigenvalue weighted by molar-refractivity contribution is 9.10. The van der Waals surface area contributed by atoms with Crippen LogP contribution in [0.3, 0.4) is 0 Å². The lowest BCUT2D eigenvalue weighted by atomic mass is 10.0. The summed E-state index contributed by atoms with van der Waals surface area (Å²) < 4.78 is 9.63. The zero-order valence-corrected chi connectivity index (χ0v) is 25.3. The van der Waals surface area contributed by atoms with Crippen molar-refractivity contribution in [1.82, 2.24) is 14.0 Å². The van der Waals surface area contributed by atoms with E-state index in [0.717, 1.165) is 5.56 Å². The van der Waals surface area contributed by atoms with Crippen molar-refractivity contribution in [2.75, 3.05) is 13.2 Å². The fourth-order valence-corrected chi connectivity index (χ4v) is 5.37. The second-order valence-electron chi connectivity index (χ2n) is 10.5. The Balaban J connectivity index is 1.51. The Morgan fingerprint density at radius 2 is 1.73 bits per heavy atom. The van der Waals surface area contributed by atoms with Gasteiger partial charge in [-0.15, -0.1) is 0 Å². The molecule has 4 aromatic rings. The summed E-state index contributed by atoms with van der Waals surface area (Å²) in [5, 5.41) is 0.438. The predicted octanol–water partition coefficient (Wildman–Crippen LogP) is 6.56. The summed E-state index contributed by atoms with van der Waals surface area (Å²) in [5.41, 5.74) is 2.62. The van der Waals surface area contributed by atoms with Gasteiger partial charge in [-0.25, -0.2) is 4.79 Å². The molecule has 0 spiro atoms. The highest BCUT2D eigenvalue weighted by Gasteiger charge is 2.32. The maximum Gasteiger partial charge on any atom is 0.333 e. The molecule has 7 nitrogen and oxygen atoms in total. The highest BCUT2D eigenvalue weighted by Crippen LogP contribution is 2.27. The monoisotopic (exact) mass is 635 g/mol. The van der Waals surface area contributed by atoms with Crippen molar-refractivity contribution >= 4 is 39.2 Å². The number of amides is 1. The molecule has 0 atom stereocenters. The summed E-state index contributed by atoms with van der Waals surface area (Å²) in [7, 11) is 0. The third-order valence-corrected chi connectivity index (χ3v) is 8.29. The molecule has 3 aromatic carbocycles. The van der Waals surface area contributed by atoms with Crippen LogP contribution < -0.4 is 10.4 Å². The first-order valence-electron chi connectivity index (χ1n) is 13.6. The van der Waals surface area contributed by atoms with Crippen LogP contribution >= 0.6 is 27.5 Å². The molecular weight excluding hydrogens is 606 g/mol. The largest absolute Gasteiger partial charge is 0.493 e. The molecule has 1 aliphatic heterocycles. The average Bonchev–Trinajstić information content (AvgIpc) is 3.28. The zero-order chi connectivity index (χ0) is 29.1. The first-order valence-corrected chi connectivity index (χ1v) is 14.8. The molecule has 0 saturated heterocycles. The Bertz CT molecular complexity index is 1630. The third-order valence-electron chi connectivity index (χ3n) is 7.06. The second kappa shape index (κ2) is 12.5. The van der Waals surface area contributed by atoms with Gasteiger partial charge in [0.15, 0.2) is 5.78 Å². The predicted molar refractivity (Wildman–Crippen MR) is 163 cm³/mol. The summed E-state index contributed by atoms with van der Waals surface area (Å²) in [6.45, 7) is 5.49. The Morgan fingerprint density at radius 3 is 2.41 bits per heavy atom. The van der Waals surface area contributed by atoms with Gasteiger partial charge in [-0.2, -0.15) is 0 Å². The lowest BCUT2D eigenvalue weighted by molar-refractivity contribution is 0.0707. The van der Waals surface area contributed by atoms with E-state index < -0.39 is 0 Å². The molecule has 1 aliphatic rings. The number of carbonyl (C=O) groups excluding carboxylic acids is 2. The fourth-order valence-electron chi connectivity index (χ4n) is 4.95. The molecule has 9 heteroatoms. The number of imidazole rings is 1. The molecule has 41 heavy (non-hydrogen) atoms. The molecule has 1 aromatic heterocycles. The lowest BCUT2D eigenvalue weighted by Gasteiger charge is -2.28. The smallest absolute Gasteiger partial charge is 0.333 e. The topological polar surface area (TPSA) is 73.5 Å². The molecule has 0 N–H and O–H groups in total. The lowest BCUT2D eigenvalue weighted by Crippen LogP contribution is -2.41. The molecule has 5 rings (SSSR count). The number of nitrogens with zero attached hydrogens (tertiary/aromatic N) is 3. The summed E-state index contributed by atoms with van der Waals surface area (Å²) in [6, 6.07) is 22.1. The van der Waals surface area contributed by atoms with Crippen molar-refractivity contribution in [1.29, 1.82) is 0 Å². The Labute approximate surface area is 252 Å². The van der Waals surface area contributed by atoms with Gasteiger partial charge < -0.3 is 9.64 Å². The molecule has 0 aliphatic carbocycles. The molecule has 0 saturated carbocycles. The van der Waals surface area contributed by atoms with E-state index in [0.29, 0.717) is 63.4 Å². The van der Waals surface area contributed by atoms with E-state index in [9.17, 15) is 14.4 Å². The van der Waals surface area contributed by atoms with E-state index in [2.05, 4.69) is 29.8 Å². The maximum atomic E-state index is 13.8. The number of benzene rings is 3. The molecule has 0 radical (unpaired) electrons. The fraction of sp³-hybridized carbons (Fsp3) is 0.281. The molecule has 0 bridgehead atoms. The van der Waals surface area contributed by atoms with Gasteiger partial charge in [-0.3, -0.25) is 18.7 Å². The number of hydrogen-bond donors (Lipinski definition) is 0. The Hall–Kier alpha value is -3.62. The van der Waals surface area contributed by atoms with Gasteiger partial charge >= 0.3 is 5.69 Å². The van der Waals surface area contributed by atoms with Gasteiger partial charge in [-0.05, 0) is 76.3 Å². The van der Waals surface area contributed by atoms with Crippen LogP contribution in [0.1, 0.15) is 52.4 Å². The maximum absolute atomic E-state index is 13.8. The number of aryl methyl sites for hydroxylation is 1. The number of halogens is 2. The Morgan fingerprint density at radius 1 is 1.00 bits per heavy atom. The standard InChI is InChI=1S/C32H31BrClN3O4/c1-21(2)20-41-25-12-10-24(11-13-25)37-30(29(38)15-8-22-6-4-3-5-7-22)28-19-35(16-17-36(28)32(37)40)31(39)23-9-14-26(33)27(34)18-23/h3-7,9-14,18,21H,8,15-17,19-20H2,1-2H3. The summed E-state index contributed by atoms with van der Waals surface area (Å²) >= 11 is 9.61. The van der Waals surface area contributed by atoms with E-state index in [1.807, 2.05) is 42.5 Å². The SMILES string of the molecule is CC(C)COc1ccc(-n2c(C(=O)CCc3ccccc3)c3n(c2=O)CCN(C(=O)c2ccc(Br)c(Cl)c2)C3)cc1. The van der Waals surface area contributed by atoms with Crippen LogP contribution in [0.2, 0.25) is 5.02 Å². The quantitative estimate of drug-likeness (QED) is 0.195. The van der Waals surface area contributed by atoms with Gasteiger partial charge in [-0.1, -0.05) is 55.8 Å². The number of hydrogen-bond acceptors (Lipinski definition) is 4. The van der Waals surface area contributed by atoms with Crippen molar-refractivity contribution in [3.63, 3.8) is 0 Å². The molecule has 0 fully saturated rings. The molecule has 0 unspecified atom stereocenters. The van der Waals surface area contributed by atoms with E-state index in [1.165, 1.54) is 4.57 Å². The minimum atomic E-state index is -0.294. The van der Waals surface area contributed by atoms with Gasteiger partial charge in [0, 0.05) is 29.5 Å². The number of ether oxygens (including phenoxy) is 1. The number of fused-ring (bicyclic) bond motifs is 1. The van der Waals surface area contributed by atoms with E-state index in [-0.39, 0.29) is 36.9 Å². The van der Waals surface area contributed by atoms with E-state index in [1.54, 1.807) is 39.8 Å². The number of carbonyl (C=O) groups is 2. The third kappa shape index (κ3) is 6.34. The second-order valence-corrected chi connectivity index (χ2v) is 11.8. The average molecular weight is 637 g/mol.